The molecular formula is C63H64F3N11O12. The van der Waals surface area contributed by atoms with Gasteiger partial charge in [0.1, 0.15) is 58.8 Å². The summed E-state index contributed by atoms with van der Waals surface area (Å²) in [7, 11) is 1.56. The summed E-state index contributed by atoms with van der Waals surface area (Å²) < 4.78 is 70.9. The van der Waals surface area contributed by atoms with Crippen LogP contribution in [-0.4, -0.2) is 146 Å². The molecule has 0 aliphatic heterocycles. The number of nitrogens with zero attached hydrogens (tertiary/aromatic N) is 7. The molecule has 2 amide bonds. The number of anilines is 3. The molecule has 464 valence electrons. The highest BCUT2D eigenvalue weighted by molar-refractivity contribution is 6.13. The van der Waals surface area contributed by atoms with E-state index >= 15 is 0 Å². The summed E-state index contributed by atoms with van der Waals surface area (Å²) >= 11 is 0. The van der Waals surface area contributed by atoms with E-state index in [0.29, 0.717) is 64.2 Å². The van der Waals surface area contributed by atoms with Crippen LogP contribution in [0.25, 0.3) is 17.1 Å². The van der Waals surface area contributed by atoms with Crippen molar-refractivity contribution in [3.63, 3.8) is 0 Å². The van der Waals surface area contributed by atoms with Crippen LogP contribution in [-0.2, 0) is 19.1 Å². The van der Waals surface area contributed by atoms with Gasteiger partial charge < -0.3 is 61.3 Å². The van der Waals surface area contributed by atoms with Crippen molar-refractivity contribution in [2.24, 2.45) is 0 Å². The Kier molecular flexibility index (Phi) is 23.8. The van der Waals surface area contributed by atoms with Crippen molar-refractivity contribution in [3.8, 4) is 34.3 Å². The highest BCUT2D eigenvalue weighted by Crippen LogP contribution is 2.26. The molecule has 0 saturated heterocycles. The second-order valence-corrected chi connectivity index (χ2v) is 18.9. The molecule has 3 heterocycles. The zero-order valence-electron chi connectivity index (χ0n) is 48.5. The Labute approximate surface area is 508 Å². The van der Waals surface area contributed by atoms with Crippen molar-refractivity contribution < 1.29 is 71.0 Å². The number of likely N-dealkylation sites (N-methyl/N-ethyl adjacent to an activating group) is 1. The Morgan fingerprint density at radius 1 is 0.528 bits per heavy atom. The van der Waals surface area contributed by atoms with Gasteiger partial charge in [-0.2, -0.15) is 15.3 Å². The van der Waals surface area contributed by atoms with Crippen LogP contribution in [0.5, 0.6) is 17.2 Å². The Morgan fingerprint density at radius 3 is 1.24 bits per heavy atom. The SMILES string of the molecule is CCOC(COc1cccc(C(=O)c2cnn(-c3ccc(F)cc3)c2N)c1)OCC.CN(CCO)C(=O)COc1cccc(C(=O)c2cnn(-c3ccc(F)cc3)c2N)c1.Nc1c(C(=O)c2cccc(OCC(=O)NCCO)c2)cnn1-c1ccc(F)cc1. The summed E-state index contributed by atoms with van der Waals surface area (Å²) in [5.41, 5.74) is 21.6. The number of aliphatic hydroxyl groups excluding tert-OH is 2. The molecular weight excluding hydrogens is 1160 g/mol. The first-order valence-electron chi connectivity index (χ1n) is 27.5. The maximum absolute atomic E-state index is 13.2. The lowest BCUT2D eigenvalue weighted by molar-refractivity contribution is -0.152. The van der Waals surface area contributed by atoms with E-state index in [1.807, 2.05) is 13.8 Å². The molecule has 0 aliphatic carbocycles. The van der Waals surface area contributed by atoms with Crippen molar-refractivity contribution >= 4 is 46.6 Å². The van der Waals surface area contributed by atoms with Crippen LogP contribution in [0.3, 0.4) is 0 Å². The second-order valence-electron chi connectivity index (χ2n) is 18.9. The number of halogens is 3. The van der Waals surface area contributed by atoms with Gasteiger partial charge in [-0.1, -0.05) is 36.4 Å². The Bertz CT molecular complexity index is 3840. The lowest BCUT2D eigenvalue weighted by Gasteiger charge is -2.17. The van der Waals surface area contributed by atoms with E-state index in [4.69, 9.17) is 51.1 Å². The maximum atomic E-state index is 13.2. The van der Waals surface area contributed by atoms with E-state index < -0.39 is 17.9 Å². The maximum Gasteiger partial charge on any atom is 0.260 e. The van der Waals surface area contributed by atoms with Crippen molar-refractivity contribution in [2.45, 2.75) is 20.1 Å². The number of ketones is 3. The van der Waals surface area contributed by atoms with Crippen LogP contribution in [0.15, 0.2) is 164 Å². The van der Waals surface area contributed by atoms with Crippen molar-refractivity contribution in [1.82, 2.24) is 39.6 Å². The Balaban J connectivity index is 0.000000190. The first kappa shape index (κ1) is 65.9. The van der Waals surface area contributed by atoms with Crippen molar-refractivity contribution in [2.75, 3.05) is 83.6 Å². The van der Waals surface area contributed by atoms with Crippen LogP contribution in [0, 0.1) is 17.5 Å². The fourth-order valence-corrected chi connectivity index (χ4v) is 8.22. The lowest BCUT2D eigenvalue weighted by atomic mass is 10.1. The summed E-state index contributed by atoms with van der Waals surface area (Å²) in [6.07, 6.45) is 3.61. The minimum atomic E-state index is -0.482. The van der Waals surface area contributed by atoms with E-state index in [1.54, 1.807) is 67.7 Å². The summed E-state index contributed by atoms with van der Waals surface area (Å²) in [4.78, 5) is 63.5. The highest BCUT2D eigenvalue weighted by Gasteiger charge is 2.22. The number of nitrogen functional groups attached to an aromatic ring is 3. The van der Waals surface area contributed by atoms with Gasteiger partial charge in [0.25, 0.3) is 11.8 Å². The molecule has 9 N–H and O–H groups in total. The molecule has 0 atom stereocenters. The zero-order valence-corrected chi connectivity index (χ0v) is 48.5. The average molecular weight is 1220 g/mol. The number of rotatable bonds is 26. The number of aromatic nitrogens is 6. The monoisotopic (exact) mass is 1220 g/mol. The Hall–Kier alpha value is -10.7. The van der Waals surface area contributed by atoms with Crippen LogP contribution in [0.2, 0.25) is 0 Å². The van der Waals surface area contributed by atoms with Crippen LogP contribution >= 0.6 is 0 Å². The number of carbonyl (C=O) groups is 5. The summed E-state index contributed by atoms with van der Waals surface area (Å²) in [6, 6.07) is 36.3. The van der Waals surface area contributed by atoms with Gasteiger partial charge in [0.2, 0.25) is 0 Å². The highest BCUT2D eigenvalue weighted by atomic mass is 19.1. The number of benzene rings is 6. The lowest BCUT2D eigenvalue weighted by Crippen LogP contribution is -2.33. The van der Waals surface area contributed by atoms with Crippen molar-refractivity contribution in [1.29, 1.82) is 0 Å². The fourth-order valence-electron chi connectivity index (χ4n) is 8.22. The first-order chi connectivity index (χ1) is 42.9. The van der Waals surface area contributed by atoms with Crippen LogP contribution in [0.1, 0.15) is 61.6 Å². The van der Waals surface area contributed by atoms with Gasteiger partial charge in [-0.15, -0.1) is 0 Å². The van der Waals surface area contributed by atoms with Crippen LogP contribution < -0.4 is 36.7 Å². The Morgan fingerprint density at radius 2 is 0.888 bits per heavy atom. The molecule has 0 saturated carbocycles. The quantitative estimate of drug-likeness (QED) is 0.0247. The standard InChI is InChI=1S/C22H24FN3O4.C21H21FN4O4.C20H19FN4O4/c1-3-28-20(29-4-2)14-30-18-7-5-6-15(12-18)21(27)19-13-25-26(22(19)24)17-10-8-16(23)9-11-17;1-25(9-10-27)19(28)13-30-17-4-2-3-14(11-17)20(29)18-12-24-26(21(18)23)16-7-5-15(22)6-8-16;21-14-4-6-15(7-5-14)25-20(22)17(11-24-25)19(28)13-2-1-3-16(10-13)29-12-18(27)23-8-9-26/h5-13,20H,3-4,14,24H2,1-2H3;2-8,11-12,27H,9-10,13,23H2,1H3;1-7,10-11,26H,8-9,12,22H2,(H,23,27). The van der Waals surface area contributed by atoms with Gasteiger partial charge in [0, 0.05) is 50.0 Å². The topological polar surface area (TPSA) is 319 Å². The summed E-state index contributed by atoms with van der Waals surface area (Å²) in [6.45, 7) is 4.53. The van der Waals surface area contributed by atoms with Gasteiger partial charge in [0.05, 0.1) is 65.6 Å². The predicted molar refractivity (Wildman–Crippen MR) is 322 cm³/mol. The molecule has 23 nitrogen and oxygen atoms in total. The normalized spacial score (nSPS) is 10.8. The molecule has 0 unspecified atom stereocenters. The molecule has 26 heteroatoms. The van der Waals surface area contributed by atoms with E-state index in [2.05, 4.69) is 20.6 Å². The second kappa shape index (κ2) is 32.2. The average Bonchev–Trinajstić information content (AvgIpc) is 2.84. The van der Waals surface area contributed by atoms with E-state index in [1.165, 1.54) is 122 Å². The van der Waals surface area contributed by atoms with E-state index in [0.717, 1.165) is 0 Å². The van der Waals surface area contributed by atoms with Gasteiger partial charge in [0.15, 0.2) is 36.9 Å². The molecule has 0 spiro atoms. The van der Waals surface area contributed by atoms with Crippen LogP contribution in [0.4, 0.5) is 30.6 Å². The third-order valence-electron chi connectivity index (χ3n) is 12.8. The van der Waals surface area contributed by atoms with Crippen molar-refractivity contribution in [3.05, 3.63) is 215 Å². The molecule has 89 heavy (non-hydrogen) atoms. The molecule has 0 bridgehead atoms. The smallest absolute Gasteiger partial charge is 0.260 e. The molecule has 3 aromatic heterocycles. The number of hydrogen-bond donors (Lipinski definition) is 6. The van der Waals surface area contributed by atoms with Gasteiger partial charge in [-0.3, -0.25) is 24.0 Å². The first-order valence-corrected chi connectivity index (χ1v) is 27.5. The number of carbonyl (C=O) groups excluding carboxylic acids is 5. The molecule has 0 fully saturated rings. The van der Waals surface area contributed by atoms with Gasteiger partial charge in [-0.25, -0.2) is 27.2 Å². The number of ether oxygens (including phenoxy) is 5. The molecule has 9 aromatic rings. The number of nitrogens with one attached hydrogen (secondary N) is 1. The minimum Gasteiger partial charge on any atom is -0.488 e. The molecule has 0 radical (unpaired) electrons. The fraction of sp³-hybridized carbons (Fsp3) is 0.206. The van der Waals surface area contributed by atoms with E-state index in [-0.39, 0.29) is 115 Å². The summed E-state index contributed by atoms with van der Waals surface area (Å²) in [5, 5.41) is 32.4. The minimum absolute atomic E-state index is 0.122. The number of amides is 2. The van der Waals surface area contributed by atoms with E-state index in [9.17, 15) is 37.1 Å². The molecule has 9 rings (SSSR count). The largest absolute Gasteiger partial charge is 0.488 e. The molecule has 6 aromatic carbocycles. The number of hydrogen-bond acceptors (Lipinski definition) is 18. The summed E-state index contributed by atoms with van der Waals surface area (Å²) in [5.74, 6) is -1.26. The molecule has 0 aliphatic rings. The number of nitrogens with two attached hydrogens (primary N) is 3. The zero-order chi connectivity index (χ0) is 64.0. The van der Waals surface area contributed by atoms with Gasteiger partial charge in [-0.05, 0) is 123 Å². The third kappa shape index (κ3) is 18.0. The predicted octanol–water partition coefficient (Wildman–Crippen LogP) is 6.57. The third-order valence-corrected chi connectivity index (χ3v) is 12.8. The number of aliphatic hydroxyl groups is 2. The van der Waals surface area contributed by atoms with Gasteiger partial charge >= 0.3 is 0 Å².